The zero-order valence-corrected chi connectivity index (χ0v) is 10.5. The van der Waals surface area contributed by atoms with E-state index in [0.717, 1.165) is 12.8 Å². The van der Waals surface area contributed by atoms with Crippen molar-refractivity contribution in [2.45, 2.75) is 25.8 Å². The maximum absolute atomic E-state index is 11.6. The quantitative estimate of drug-likeness (QED) is 0.668. The van der Waals surface area contributed by atoms with E-state index in [-0.39, 0.29) is 23.4 Å². The predicted molar refractivity (Wildman–Crippen MR) is 69.4 cm³/mol. The van der Waals surface area contributed by atoms with E-state index in [4.69, 9.17) is 5.11 Å². The maximum atomic E-state index is 11.6. The van der Waals surface area contributed by atoms with E-state index in [0.29, 0.717) is 11.6 Å². The lowest BCUT2D eigenvalue weighted by Crippen LogP contribution is -2.31. The molecule has 102 valence electrons. The molecule has 0 radical (unpaired) electrons. The van der Waals surface area contributed by atoms with Crippen LogP contribution in [0.3, 0.4) is 0 Å². The van der Waals surface area contributed by atoms with Crippen molar-refractivity contribution in [2.75, 3.05) is 5.32 Å². The van der Waals surface area contributed by atoms with E-state index < -0.39 is 5.97 Å². The Morgan fingerprint density at radius 1 is 1.42 bits per heavy atom. The number of hydrogen-bond donors (Lipinski definition) is 4. The first-order valence-electron chi connectivity index (χ1n) is 6.15. The molecule has 2 amide bonds. The molecular formula is C13H16N2O4. The lowest BCUT2D eigenvalue weighted by molar-refractivity contribution is 0.0694. The summed E-state index contributed by atoms with van der Waals surface area (Å²) in [5, 5.41) is 23.6. The van der Waals surface area contributed by atoms with Gasteiger partial charge in [-0.15, -0.1) is 0 Å². The molecule has 0 aromatic heterocycles. The largest absolute Gasteiger partial charge is 0.507 e. The highest BCUT2D eigenvalue weighted by atomic mass is 16.4. The summed E-state index contributed by atoms with van der Waals surface area (Å²) in [6.45, 7) is 2.08. The van der Waals surface area contributed by atoms with Gasteiger partial charge in [0.05, 0.1) is 0 Å². The minimum atomic E-state index is -1.21. The van der Waals surface area contributed by atoms with Crippen LogP contribution in [-0.2, 0) is 0 Å². The number of rotatable bonds is 4. The summed E-state index contributed by atoms with van der Waals surface area (Å²) in [5.74, 6) is -1.03. The zero-order chi connectivity index (χ0) is 14.0. The molecule has 1 aliphatic carbocycles. The van der Waals surface area contributed by atoms with Gasteiger partial charge >= 0.3 is 12.0 Å². The summed E-state index contributed by atoms with van der Waals surface area (Å²) in [7, 11) is 0. The molecule has 1 saturated carbocycles. The first kappa shape index (κ1) is 13.2. The van der Waals surface area contributed by atoms with Gasteiger partial charge in [0.1, 0.15) is 11.3 Å². The number of aromatic hydroxyl groups is 1. The number of nitrogens with one attached hydrogen (secondary N) is 2. The number of hydrogen-bond acceptors (Lipinski definition) is 3. The molecule has 19 heavy (non-hydrogen) atoms. The smallest absolute Gasteiger partial charge is 0.339 e. The summed E-state index contributed by atoms with van der Waals surface area (Å²) in [6, 6.07) is 3.78. The standard InChI is InChI=1S/C13H16N2O4/c1-2-7-5-10(7)15-13(19)14-8-3-4-9(12(17)18)11(16)6-8/h3-4,6-7,10,16H,2,5H2,1H3,(H,17,18)(H2,14,15,19). The second kappa shape index (κ2) is 5.17. The number of benzene rings is 1. The van der Waals surface area contributed by atoms with Crippen molar-refractivity contribution in [3.05, 3.63) is 23.8 Å². The van der Waals surface area contributed by atoms with Gasteiger partial charge in [-0.05, 0) is 24.5 Å². The topological polar surface area (TPSA) is 98.7 Å². The Labute approximate surface area is 110 Å². The van der Waals surface area contributed by atoms with E-state index in [1.54, 1.807) is 0 Å². The summed E-state index contributed by atoms with van der Waals surface area (Å²) in [5.41, 5.74) is 0.160. The lowest BCUT2D eigenvalue weighted by atomic mass is 10.2. The SMILES string of the molecule is CCC1CC1NC(=O)Nc1ccc(C(=O)O)c(O)c1. The second-order valence-corrected chi connectivity index (χ2v) is 4.65. The number of aromatic carboxylic acids is 1. The van der Waals surface area contributed by atoms with Gasteiger partial charge in [-0.2, -0.15) is 0 Å². The van der Waals surface area contributed by atoms with Crippen LogP contribution >= 0.6 is 0 Å². The van der Waals surface area contributed by atoms with Crippen LogP contribution in [0.25, 0.3) is 0 Å². The predicted octanol–water partition coefficient (Wildman–Crippen LogP) is 2.01. The highest BCUT2D eigenvalue weighted by Gasteiger charge is 2.36. The monoisotopic (exact) mass is 264 g/mol. The van der Waals surface area contributed by atoms with Crippen molar-refractivity contribution in [2.24, 2.45) is 5.92 Å². The van der Waals surface area contributed by atoms with Crippen LogP contribution in [0.15, 0.2) is 18.2 Å². The van der Waals surface area contributed by atoms with Crippen molar-refractivity contribution in [1.82, 2.24) is 5.32 Å². The Morgan fingerprint density at radius 3 is 2.68 bits per heavy atom. The Bertz CT molecular complexity index is 515. The molecular weight excluding hydrogens is 248 g/mol. The second-order valence-electron chi connectivity index (χ2n) is 4.65. The number of carbonyl (C=O) groups is 2. The summed E-state index contributed by atoms with van der Waals surface area (Å²) in [4.78, 5) is 22.4. The van der Waals surface area contributed by atoms with Gasteiger partial charge in [0.15, 0.2) is 0 Å². The highest BCUT2D eigenvalue weighted by molar-refractivity contribution is 5.94. The summed E-state index contributed by atoms with van der Waals surface area (Å²) >= 11 is 0. The zero-order valence-electron chi connectivity index (χ0n) is 10.5. The van der Waals surface area contributed by atoms with Crippen LogP contribution in [0.4, 0.5) is 10.5 Å². The molecule has 0 spiro atoms. The van der Waals surface area contributed by atoms with E-state index in [1.807, 2.05) is 0 Å². The third-order valence-electron chi connectivity index (χ3n) is 3.25. The molecule has 6 nitrogen and oxygen atoms in total. The minimum Gasteiger partial charge on any atom is -0.507 e. The Hall–Kier alpha value is -2.24. The van der Waals surface area contributed by atoms with Crippen LogP contribution in [0.5, 0.6) is 5.75 Å². The van der Waals surface area contributed by atoms with Gasteiger partial charge in [-0.3, -0.25) is 0 Å². The fraction of sp³-hybridized carbons (Fsp3) is 0.385. The summed E-state index contributed by atoms with van der Waals surface area (Å²) in [6.07, 6.45) is 2.03. The maximum Gasteiger partial charge on any atom is 0.339 e. The molecule has 6 heteroatoms. The van der Waals surface area contributed by atoms with Crippen LogP contribution in [0.1, 0.15) is 30.1 Å². The first-order valence-corrected chi connectivity index (χ1v) is 6.15. The number of carboxylic acid groups (broad SMARTS) is 1. The molecule has 1 fully saturated rings. The van der Waals surface area contributed by atoms with Gasteiger partial charge in [0, 0.05) is 17.8 Å². The van der Waals surface area contributed by atoms with E-state index >= 15 is 0 Å². The van der Waals surface area contributed by atoms with E-state index in [9.17, 15) is 14.7 Å². The molecule has 4 N–H and O–H groups in total. The summed E-state index contributed by atoms with van der Waals surface area (Å²) < 4.78 is 0. The molecule has 2 atom stereocenters. The molecule has 0 aliphatic heterocycles. The molecule has 0 saturated heterocycles. The van der Waals surface area contributed by atoms with Crippen molar-refractivity contribution >= 4 is 17.7 Å². The molecule has 2 unspecified atom stereocenters. The average Bonchev–Trinajstić information content (AvgIpc) is 3.06. The number of phenols is 1. The average molecular weight is 264 g/mol. The first-order chi connectivity index (χ1) is 9.01. The third-order valence-corrected chi connectivity index (χ3v) is 3.25. The number of urea groups is 1. The van der Waals surface area contributed by atoms with Crippen molar-refractivity contribution < 1.29 is 19.8 Å². The highest BCUT2D eigenvalue weighted by Crippen LogP contribution is 2.33. The van der Waals surface area contributed by atoms with Crippen LogP contribution in [0, 0.1) is 5.92 Å². The van der Waals surface area contributed by atoms with Crippen LogP contribution < -0.4 is 10.6 Å². The minimum absolute atomic E-state index is 0.195. The number of anilines is 1. The van der Waals surface area contributed by atoms with Gasteiger partial charge in [-0.1, -0.05) is 13.3 Å². The van der Waals surface area contributed by atoms with Gasteiger partial charge in [-0.25, -0.2) is 9.59 Å². The molecule has 2 rings (SSSR count). The third kappa shape index (κ3) is 3.15. The Morgan fingerprint density at radius 2 is 2.16 bits per heavy atom. The molecule has 1 aliphatic rings. The number of carbonyl (C=O) groups excluding carboxylic acids is 1. The fourth-order valence-electron chi connectivity index (χ4n) is 2.00. The van der Waals surface area contributed by atoms with Crippen molar-refractivity contribution in [3.8, 4) is 5.75 Å². The van der Waals surface area contributed by atoms with Gasteiger partial charge in [0.25, 0.3) is 0 Å². The Kier molecular flexibility index (Phi) is 3.59. The number of amides is 2. The van der Waals surface area contributed by atoms with E-state index in [1.165, 1.54) is 18.2 Å². The van der Waals surface area contributed by atoms with Crippen molar-refractivity contribution in [1.29, 1.82) is 0 Å². The normalized spacial score (nSPS) is 20.7. The van der Waals surface area contributed by atoms with Gasteiger partial charge in [0.2, 0.25) is 0 Å². The van der Waals surface area contributed by atoms with Crippen LogP contribution in [-0.4, -0.2) is 28.3 Å². The van der Waals surface area contributed by atoms with Crippen molar-refractivity contribution in [3.63, 3.8) is 0 Å². The molecule has 1 aromatic carbocycles. The molecule has 0 heterocycles. The molecule has 0 bridgehead atoms. The van der Waals surface area contributed by atoms with Gasteiger partial charge < -0.3 is 20.8 Å². The fourth-order valence-corrected chi connectivity index (χ4v) is 2.00. The number of carboxylic acids is 1. The lowest BCUT2D eigenvalue weighted by Gasteiger charge is -2.08. The molecule has 1 aromatic rings. The van der Waals surface area contributed by atoms with E-state index in [2.05, 4.69) is 17.6 Å². The Balaban J connectivity index is 1.94. The van der Waals surface area contributed by atoms with Crippen LogP contribution in [0.2, 0.25) is 0 Å².